The second kappa shape index (κ2) is 6.31. The Kier molecular flexibility index (Phi) is 3.99. The van der Waals surface area contributed by atoms with E-state index in [4.69, 9.17) is 0 Å². The Labute approximate surface area is 145 Å². The van der Waals surface area contributed by atoms with Crippen molar-refractivity contribution in [2.24, 2.45) is 5.92 Å². The number of amides is 2. The minimum Gasteiger partial charge on any atom is -0.338 e. The summed E-state index contributed by atoms with van der Waals surface area (Å²) in [5.41, 5.74) is 3.12. The standard InChI is InChI=1S/C20H19FN2O2/c21-17-5-7-18(8-6-17)23-13-16(11-19(23)24)20(25)22-10-9-14-3-1-2-4-15(14)12-22/h1-8,16H,9-13H2/t16-/m0/s1. The molecule has 128 valence electrons. The van der Waals surface area contributed by atoms with Gasteiger partial charge in [0.25, 0.3) is 0 Å². The fourth-order valence-electron chi connectivity index (χ4n) is 3.69. The lowest BCUT2D eigenvalue weighted by atomic mass is 9.98. The van der Waals surface area contributed by atoms with Crippen LogP contribution < -0.4 is 4.90 Å². The van der Waals surface area contributed by atoms with E-state index in [1.807, 2.05) is 17.0 Å². The Balaban J connectivity index is 1.47. The van der Waals surface area contributed by atoms with Gasteiger partial charge in [-0.1, -0.05) is 24.3 Å². The third-order valence-electron chi connectivity index (χ3n) is 5.05. The Morgan fingerprint density at radius 1 is 1.04 bits per heavy atom. The van der Waals surface area contributed by atoms with Gasteiger partial charge in [-0.2, -0.15) is 0 Å². The Morgan fingerprint density at radius 3 is 2.52 bits per heavy atom. The van der Waals surface area contributed by atoms with E-state index in [2.05, 4.69) is 12.1 Å². The minimum atomic E-state index is -0.338. The van der Waals surface area contributed by atoms with E-state index in [0.717, 1.165) is 6.42 Å². The summed E-state index contributed by atoms with van der Waals surface area (Å²) in [4.78, 5) is 28.6. The molecule has 2 heterocycles. The Bertz CT molecular complexity index is 819. The molecule has 2 amide bonds. The number of hydrogen-bond acceptors (Lipinski definition) is 2. The summed E-state index contributed by atoms with van der Waals surface area (Å²) in [5.74, 6) is -0.715. The van der Waals surface area contributed by atoms with Crippen molar-refractivity contribution in [1.82, 2.24) is 4.90 Å². The molecule has 0 N–H and O–H groups in total. The van der Waals surface area contributed by atoms with Crippen LogP contribution >= 0.6 is 0 Å². The average Bonchev–Trinajstić information content (AvgIpc) is 3.03. The zero-order valence-electron chi connectivity index (χ0n) is 13.8. The molecule has 2 aromatic rings. The van der Waals surface area contributed by atoms with E-state index < -0.39 is 0 Å². The van der Waals surface area contributed by atoms with Gasteiger partial charge in [0.15, 0.2) is 0 Å². The summed E-state index contributed by atoms with van der Waals surface area (Å²) in [6, 6.07) is 14.0. The lowest BCUT2D eigenvalue weighted by Crippen LogP contribution is -2.40. The molecule has 0 radical (unpaired) electrons. The van der Waals surface area contributed by atoms with Gasteiger partial charge in [-0.3, -0.25) is 9.59 Å². The smallest absolute Gasteiger partial charge is 0.228 e. The Hall–Kier alpha value is -2.69. The number of carbonyl (C=O) groups excluding carboxylic acids is 2. The molecule has 0 spiro atoms. The monoisotopic (exact) mass is 338 g/mol. The molecule has 1 atom stereocenters. The zero-order chi connectivity index (χ0) is 17.4. The fourth-order valence-corrected chi connectivity index (χ4v) is 3.69. The topological polar surface area (TPSA) is 40.6 Å². The molecule has 5 heteroatoms. The van der Waals surface area contributed by atoms with Crippen molar-refractivity contribution < 1.29 is 14.0 Å². The predicted molar refractivity (Wildman–Crippen MR) is 92.4 cm³/mol. The lowest BCUT2D eigenvalue weighted by Gasteiger charge is -2.30. The molecule has 2 aliphatic rings. The molecule has 0 aromatic heterocycles. The summed E-state index contributed by atoms with van der Waals surface area (Å²) < 4.78 is 13.1. The molecule has 2 aromatic carbocycles. The van der Waals surface area contributed by atoms with Gasteiger partial charge in [0, 0.05) is 31.7 Å². The molecule has 0 saturated carbocycles. The number of nitrogens with zero attached hydrogens (tertiary/aromatic N) is 2. The van der Waals surface area contributed by atoms with Crippen LogP contribution in [-0.4, -0.2) is 29.8 Å². The zero-order valence-corrected chi connectivity index (χ0v) is 13.8. The van der Waals surface area contributed by atoms with Gasteiger partial charge < -0.3 is 9.80 Å². The maximum Gasteiger partial charge on any atom is 0.228 e. The maximum atomic E-state index is 13.1. The van der Waals surface area contributed by atoms with Crippen LogP contribution in [-0.2, 0) is 22.6 Å². The van der Waals surface area contributed by atoms with Crippen LogP contribution in [0.1, 0.15) is 17.5 Å². The van der Waals surface area contributed by atoms with Crippen LogP contribution in [0.4, 0.5) is 10.1 Å². The summed E-state index contributed by atoms with van der Waals surface area (Å²) in [7, 11) is 0. The van der Waals surface area contributed by atoms with Crippen molar-refractivity contribution in [3.05, 3.63) is 65.5 Å². The van der Waals surface area contributed by atoms with Crippen molar-refractivity contribution in [3.63, 3.8) is 0 Å². The number of hydrogen-bond donors (Lipinski definition) is 0. The first kappa shape index (κ1) is 15.8. The second-order valence-electron chi connectivity index (χ2n) is 6.66. The second-order valence-corrected chi connectivity index (χ2v) is 6.66. The highest BCUT2D eigenvalue weighted by molar-refractivity contribution is 6.00. The molecule has 0 bridgehead atoms. The summed E-state index contributed by atoms with van der Waals surface area (Å²) in [6.07, 6.45) is 1.07. The first-order chi connectivity index (χ1) is 12.1. The molecule has 2 aliphatic heterocycles. The van der Waals surface area contributed by atoms with E-state index in [9.17, 15) is 14.0 Å². The normalized spacial score (nSPS) is 19.9. The molecule has 0 unspecified atom stereocenters. The van der Waals surface area contributed by atoms with Crippen molar-refractivity contribution in [3.8, 4) is 0 Å². The largest absolute Gasteiger partial charge is 0.338 e. The van der Waals surface area contributed by atoms with Gasteiger partial charge in [-0.25, -0.2) is 4.39 Å². The van der Waals surface area contributed by atoms with E-state index in [1.54, 1.807) is 17.0 Å². The fraction of sp³-hybridized carbons (Fsp3) is 0.300. The van der Waals surface area contributed by atoms with E-state index >= 15 is 0 Å². The summed E-state index contributed by atoms with van der Waals surface area (Å²) in [6.45, 7) is 1.66. The van der Waals surface area contributed by atoms with Gasteiger partial charge in [0.1, 0.15) is 5.82 Å². The quantitative estimate of drug-likeness (QED) is 0.845. The highest BCUT2D eigenvalue weighted by Gasteiger charge is 2.37. The van der Waals surface area contributed by atoms with Crippen LogP contribution in [0.5, 0.6) is 0 Å². The number of fused-ring (bicyclic) bond motifs is 1. The third kappa shape index (κ3) is 3.02. The molecular formula is C20H19FN2O2. The lowest BCUT2D eigenvalue weighted by molar-refractivity contribution is -0.136. The van der Waals surface area contributed by atoms with Gasteiger partial charge in [-0.05, 0) is 41.8 Å². The number of benzene rings is 2. The molecule has 25 heavy (non-hydrogen) atoms. The molecule has 1 fully saturated rings. The van der Waals surface area contributed by atoms with Crippen molar-refractivity contribution in [1.29, 1.82) is 0 Å². The van der Waals surface area contributed by atoms with Gasteiger partial charge >= 0.3 is 0 Å². The summed E-state index contributed by atoms with van der Waals surface area (Å²) >= 11 is 0. The third-order valence-corrected chi connectivity index (χ3v) is 5.05. The number of halogens is 1. The van der Waals surface area contributed by atoms with Crippen LogP contribution in [0.25, 0.3) is 0 Å². The average molecular weight is 338 g/mol. The van der Waals surface area contributed by atoms with Crippen LogP contribution in [0.3, 0.4) is 0 Å². The highest BCUT2D eigenvalue weighted by Crippen LogP contribution is 2.28. The van der Waals surface area contributed by atoms with E-state index in [-0.39, 0.29) is 30.0 Å². The minimum absolute atomic E-state index is 0.0347. The molecule has 4 rings (SSSR count). The van der Waals surface area contributed by atoms with Crippen LogP contribution in [0.2, 0.25) is 0 Å². The van der Waals surface area contributed by atoms with Gasteiger partial charge in [0.2, 0.25) is 11.8 Å². The predicted octanol–water partition coefficient (Wildman–Crippen LogP) is 2.76. The number of anilines is 1. The van der Waals surface area contributed by atoms with E-state index in [0.29, 0.717) is 25.3 Å². The van der Waals surface area contributed by atoms with E-state index in [1.165, 1.54) is 23.3 Å². The molecular weight excluding hydrogens is 319 g/mol. The molecule has 0 aliphatic carbocycles. The molecule has 1 saturated heterocycles. The van der Waals surface area contributed by atoms with Crippen LogP contribution in [0, 0.1) is 11.7 Å². The van der Waals surface area contributed by atoms with Crippen molar-refractivity contribution >= 4 is 17.5 Å². The molecule has 4 nitrogen and oxygen atoms in total. The first-order valence-corrected chi connectivity index (χ1v) is 8.53. The SMILES string of the molecule is O=C([C@H]1CC(=O)N(c2ccc(F)cc2)C1)N1CCc2ccccc2C1. The van der Waals surface area contributed by atoms with Gasteiger partial charge in [0.05, 0.1) is 5.92 Å². The van der Waals surface area contributed by atoms with Crippen LogP contribution in [0.15, 0.2) is 48.5 Å². The summed E-state index contributed by atoms with van der Waals surface area (Å²) in [5, 5.41) is 0. The maximum absolute atomic E-state index is 13.1. The van der Waals surface area contributed by atoms with Crippen molar-refractivity contribution in [2.45, 2.75) is 19.4 Å². The number of carbonyl (C=O) groups is 2. The number of rotatable bonds is 2. The Morgan fingerprint density at radius 2 is 1.76 bits per heavy atom. The highest BCUT2D eigenvalue weighted by atomic mass is 19.1. The first-order valence-electron chi connectivity index (χ1n) is 8.53. The van der Waals surface area contributed by atoms with Gasteiger partial charge in [-0.15, -0.1) is 0 Å². The van der Waals surface area contributed by atoms with Crippen molar-refractivity contribution in [2.75, 3.05) is 18.0 Å².